The van der Waals surface area contributed by atoms with Crippen molar-refractivity contribution in [2.75, 3.05) is 13.1 Å². The van der Waals surface area contributed by atoms with Crippen LogP contribution >= 0.6 is 0 Å². The zero-order valence-corrected chi connectivity index (χ0v) is 8.44. The lowest BCUT2D eigenvalue weighted by Crippen LogP contribution is -2.48. The number of urea groups is 1. The molecule has 1 rings (SSSR count). The molecular weight excluding hydrogens is 198 g/mol. The van der Waals surface area contributed by atoms with Crippen molar-refractivity contribution >= 4 is 18.2 Å². The van der Waals surface area contributed by atoms with E-state index < -0.39 is 11.9 Å². The van der Waals surface area contributed by atoms with Crippen LogP contribution < -0.4 is 11.1 Å². The molecule has 1 aliphatic heterocycles. The summed E-state index contributed by atoms with van der Waals surface area (Å²) >= 11 is 0. The monoisotopic (exact) mass is 213 g/mol. The molecule has 6 heteroatoms. The lowest BCUT2D eigenvalue weighted by molar-refractivity contribution is -0.123. The van der Waals surface area contributed by atoms with Crippen LogP contribution in [0.1, 0.15) is 19.3 Å². The minimum absolute atomic E-state index is 0.0480. The van der Waals surface area contributed by atoms with Gasteiger partial charge in [0.05, 0.1) is 12.6 Å². The first-order valence-corrected chi connectivity index (χ1v) is 4.92. The summed E-state index contributed by atoms with van der Waals surface area (Å²) < 4.78 is 0. The highest BCUT2D eigenvalue weighted by atomic mass is 16.2. The van der Waals surface area contributed by atoms with Crippen LogP contribution in [0.25, 0.3) is 0 Å². The van der Waals surface area contributed by atoms with Gasteiger partial charge >= 0.3 is 6.03 Å². The van der Waals surface area contributed by atoms with Crippen molar-refractivity contribution in [3.05, 3.63) is 0 Å². The van der Waals surface area contributed by atoms with Gasteiger partial charge in [-0.15, -0.1) is 0 Å². The molecule has 1 aliphatic rings. The third-order valence-electron chi connectivity index (χ3n) is 2.43. The van der Waals surface area contributed by atoms with Gasteiger partial charge in [-0.1, -0.05) is 6.42 Å². The molecule has 3 N–H and O–H groups in total. The second kappa shape index (κ2) is 5.45. The van der Waals surface area contributed by atoms with Crippen LogP contribution in [0.2, 0.25) is 0 Å². The SMILES string of the molecule is NC(=O)NC(=O)CN1CCCCC1C=O. The normalized spacial score (nSPS) is 22.0. The molecule has 15 heavy (non-hydrogen) atoms. The van der Waals surface area contributed by atoms with Gasteiger partial charge in [0, 0.05) is 0 Å². The Bertz CT molecular complexity index is 267. The molecule has 6 nitrogen and oxygen atoms in total. The Morgan fingerprint density at radius 2 is 2.20 bits per heavy atom. The van der Waals surface area contributed by atoms with Gasteiger partial charge in [-0.3, -0.25) is 15.0 Å². The smallest absolute Gasteiger partial charge is 0.318 e. The van der Waals surface area contributed by atoms with E-state index in [0.717, 1.165) is 25.5 Å². The van der Waals surface area contributed by atoms with E-state index in [1.165, 1.54) is 0 Å². The number of nitrogens with one attached hydrogen (secondary N) is 1. The summed E-state index contributed by atoms with van der Waals surface area (Å²) in [5.41, 5.74) is 4.81. The predicted molar refractivity (Wildman–Crippen MR) is 53.0 cm³/mol. The van der Waals surface area contributed by atoms with Crippen LogP contribution in [0.5, 0.6) is 0 Å². The van der Waals surface area contributed by atoms with Crippen molar-refractivity contribution in [2.24, 2.45) is 5.73 Å². The third kappa shape index (κ3) is 3.67. The van der Waals surface area contributed by atoms with Crippen molar-refractivity contribution in [3.8, 4) is 0 Å². The van der Waals surface area contributed by atoms with E-state index in [1.54, 1.807) is 4.90 Å². The lowest BCUT2D eigenvalue weighted by Gasteiger charge is -2.31. The number of aldehydes is 1. The number of hydrogen-bond acceptors (Lipinski definition) is 4. The minimum atomic E-state index is -0.861. The largest absolute Gasteiger partial charge is 0.351 e. The first-order chi connectivity index (χ1) is 7.13. The number of rotatable bonds is 3. The fraction of sp³-hybridized carbons (Fsp3) is 0.667. The van der Waals surface area contributed by atoms with Crippen LogP contribution in [0.3, 0.4) is 0 Å². The Morgan fingerprint density at radius 3 is 2.80 bits per heavy atom. The molecule has 1 fully saturated rings. The molecule has 0 spiro atoms. The summed E-state index contributed by atoms with van der Waals surface area (Å²) in [5.74, 6) is -0.462. The van der Waals surface area contributed by atoms with Gasteiger partial charge in [0.25, 0.3) is 0 Å². The Morgan fingerprint density at radius 1 is 1.47 bits per heavy atom. The molecule has 0 aromatic carbocycles. The number of likely N-dealkylation sites (tertiary alicyclic amines) is 1. The van der Waals surface area contributed by atoms with E-state index in [0.29, 0.717) is 6.54 Å². The number of amides is 3. The highest BCUT2D eigenvalue weighted by Crippen LogP contribution is 2.14. The van der Waals surface area contributed by atoms with Crippen LogP contribution in [0.15, 0.2) is 0 Å². The molecule has 1 saturated heterocycles. The first kappa shape index (κ1) is 11.6. The van der Waals surface area contributed by atoms with Crippen molar-refractivity contribution in [3.63, 3.8) is 0 Å². The molecule has 3 amide bonds. The number of carbonyl (C=O) groups is 3. The molecular formula is C9H15N3O3. The number of nitrogens with zero attached hydrogens (tertiary/aromatic N) is 1. The predicted octanol–water partition coefficient (Wildman–Crippen LogP) is -0.765. The maximum absolute atomic E-state index is 11.2. The molecule has 0 aliphatic carbocycles. The van der Waals surface area contributed by atoms with Crippen molar-refractivity contribution in [2.45, 2.75) is 25.3 Å². The van der Waals surface area contributed by atoms with Crippen LogP contribution in [-0.2, 0) is 9.59 Å². The number of carbonyl (C=O) groups excluding carboxylic acids is 3. The van der Waals surface area contributed by atoms with Crippen molar-refractivity contribution in [1.29, 1.82) is 0 Å². The molecule has 1 heterocycles. The van der Waals surface area contributed by atoms with E-state index >= 15 is 0 Å². The Labute approximate surface area is 87.8 Å². The van der Waals surface area contributed by atoms with Gasteiger partial charge in [-0.25, -0.2) is 4.79 Å². The second-order valence-corrected chi connectivity index (χ2v) is 3.58. The average Bonchev–Trinajstić information content (AvgIpc) is 2.17. The number of nitrogens with two attached hydrogens (primary N) is 1. The number of hydrogen-bond donors (Lipinski definition) is 2. The van der Waals surface area contributed by atoms with Crippen molar-refractivity contribution in [1.82, 2.24) is 10.2 Å². The van der Waals surface area contributed by atoms with Gasteiger partial charge < -0.3 is 10.5 Å². The minimum Gasteiger partial charge on any atom is -0.351 e. The third-order valence-corrected chi connectivity index (χ3v) is 2.43. The van der Waals surface area contributed by atoms with E-state index in [9.17, 15) is 14.4 Å². The number of imide groups is 1. The number of primary amides is 1. The van der Waals surface area contributed by atoms with E-state index in [2.05, 4.69) is 0 Å². The lowest BCUT2D eigenvalue weighted by atomic mass is 10.0. The van der Waals surface area contributed by atoms with Crippen LogP contribution in [-0.4, -0.2) is 42.3 Å². The summed E-state index contributed by atoms with van der Waals surface area (Å²) in [6.45, 7) is 0.752. The fourth-order valence-corrected chi connectivity index (χ4v) is 1.73. The molecule has 0 aromatic heterocycles. The summed E-state index contributed by atoms with van der Waals surface area (Å²) in [7, 11) is 0. The molecule has 84 valence electrons. The second-order valence-electron chi connectivity index (χ2n) is 3.58. The summed E-state index contributed by atoms with van der Waals surface area (Å²) in [6.07, 6.45) is 3.58. The number of piperidine rings is 1. The van der Waals surface area contributed by atoms with E-state index in [-0.39, 0.29) is 12.6 Å². The highest BCUT2D eigenvalue weighted by molar-refractivity contribution is 5.94. The maximum atomic E-state index is 11.2. The molecule has 1 atom stereocenters. The molecule has 0 bridgehead atoms. The first-order valence-electron chi connectivity index (χ1n) is 4.92. The van der Waals surface area contributed by atoms with Gasteiger partial charge in [0.2, 0.25) is 5.91 Å². The van der Waals surface area contributed by atoms with E-state index in [4.69, 9.17) is 5.73 Å². The quantitative estimate of drug-likeness (QED) is 0.602. The van der Waals surface area contributed by atoms with Gasteiger partial charge in [-0.05, 0) is 19.4 Å². The molecule has 0 radical (unpaired) electrons. The topological polar surface area (TPSA) is 92.5 Å². The Kier molecular flexibility index (Phi) is 4.23. The van der Waals surface area contributed by atoms with Crippen LogP contribution in [0.4, 0.5) is 4.79 Å². The summed E-state index contributed by atoms with van der Waals surface area (Å²) in [6, 6.07) is -1.07. The van der Waals surface area contributed by atoms with E-state index in [1.807, 2.05) is 5.32 Å². The fourth-order valence-electron chi connectivity index (χ4n) is 1.73. The molecule has 0 saturated carbocycles. The van der Waals surface area contributed by atoms with Gasteiger partial charge in [0.1, 0.15) is 6.29 Å². The summed E-state index contributed by atoms with van der Waals surface area (Å²) in [5, 5.41) is 1.98. The maximum Gasteiger partial charge on any atom is 0.318 e. The zero-order chi connectivity index (χ0) is 11.3. The Balaban J connectivity index is 2.44. The molecule has 0 aromatic rings. The highest BCUT2D eigenvalue weighted by Gasteiger charge is 2.23. The zero-order valence-electron chi connectivity index (χ0n) is 8.44. The summed E-state index contributed by atoms with van der Waals surface area (Å²) in [4.78, 5) is 34.1. The van der Waals surface area contributed by atoms with Gasteiger partial charge in [-0.2, -0.15) is 0 Å². The molecule has 1 unspecified atom stereocenters. The Hall–Kier alpha value is -1.43. The standard InChI is InChI=1S/C9H15N3O3/c10-9(15)11-8(14)5-12-4-2-1-3-7(12)6-13/h6-7H,1-5H2,(H3,10,11,14,15). The van der Waals surface area contributed by atoms with Crippen molar-refractivity contribution < 1.29 is 14.4 Å². The van der Waals surface area contributed by atoms with Crippen LogP contribution in [0, 0.1) is 0 Å². The average molecular weight is 213 g/mol. The van der Waals surface area contributed by atoms with Gasteiger partial charge in [0.15, 0.2) is 0 Å².